The highest BCUT2D eigenvalue weighted by atomic mass is 19.1. The number of carbonyl (C=O) groups is 2. The zero-order valence-corrected chi connectivity index (χ0v) is 16.2. The number of carbonyl (C=O) groups excluding carboxylic acids is 2. The number of para-hydroxylation sites is 1. The molecule has 1 amide bonds. The lowest BCUT2D eigenvalue weighted by atomic mass is 9.88. The normalized spacial score (nSPS) is 17.5. The van der Waals surface area contributed by atoms with Crippen LogP contribution >= 0.6 is 0 Å². The molecule has 3 aromatic carbocycles. The van der Waals surface area contributed by atoms with Crippen LogP contribution in [0.4, 0.5) is 15.8 Å². The molecule has 3 aromatic rings. The molecule has 0 bridgehead atoms. The molecule has 1 heterocycles. The van der Waals surface area contributed by atoms with Gasteiger partial charge in [0.25, 0.3) is 11.6 Å². The highest BCUT2D eigenvalue weighted by Gasteiger charge is 2.50. The van der Waals surface area contributed by atoms with Gasteiger partial charge < -0.3 is 10.0 Å². The number of nitro groups is 1. The number of rotatable bonds is 6. The highest BCUT2D eigenvalue weighted by Crippen LogP contribution is 2.43. The highest BCUT2D eigenvalue weighted by molar-refractivity contribution is 6.10. The van der Waals surface area contributed by atoms with E-state index in [9.17, 15) is 29.2 Å². The molecule has 0 spiro atoms. The van der Waals surface area contributed by atoms with Crippen LogP contribution in [0.25, 0.3) is 0 Å². The quantitative estimate of drug-likeness (QED) is 0.372. The average Bonchev–Trinajstić information content (AvgIpc) is 2.97. The molecule has 0 aromatic heterocycles. The van der Waals surface area contributed by atoms with Gasteiger partial charge >= 0.3 is 0 Å². The summed E-state index contributed by atoms with van der Waals surface area (Å²) in [6, 6.07) is 17.4. The van der Waals surface area contributed by atoms with Gasteiger partial charge in [0, 0.05) is 23.3 Å². The second kappa shape index (κ2) is 7.73. The lowest BCUT2D eigenvalue weighted by molar-refractivity contribution is -0.384. The SMILES string of the molecule is O=C(C[C@@]1(O)C(=O)N(Cc2ccc(F)cc2)c2ccccc21)c1cccc([N+](=O)[O-])c1. The first-order chi connectivity index (χ1) is 14.8. The Bertz CT molecular complexity index is 1190. The number of ketones is 1. The Morgan fingerprint density at radius 1 is 1.06 bits per heavy atom. The van der Waals surface area contributed by atoms with E-state index >= 15 is 0 Å². The maximum atomic E-state index is 13.2. The molecule has 1 aliphatic heterocycles. The summed E-state index contributed by atoms with van der Waals surface area (Å²) in [6.45, 7) is 0.0867. The number of non-ortho nitro benzene ring substituents is 1. The van der Waals surface area contributed by atoms with Gasteiger partial charge in [0.1, 0.15) is 5.82 Å². The largest absolute Gasteiger partial charge is 0.375 e. The summed E-state index contributed by atoms with van der Waals surface area (Å²) < 4.78 is 13.2. The fraction of sp³-hybridized carbons (Fsp3) is 0.130. The number of anilines is 1. The third-order valence-electron chi connectivity index (χ3n) is 5.29. The first-order valence-electron chi connectivity index (χ1n) is 9.45. The van der Waals surface area contributed by atoms with Crippen LogP contribution in [0.2, 0.25) is 0 Å². The molecular weight excluding hydrogens is 403 g/mol. The van der Waals surface area contributed by atoms with Crippen molar-refractivity contribution in [2.45, 2.75) is 18.6 Å². The lowest BCUT2D eigenvalue weighted by Gasteiger charge is -2.23. The molecule has 156 valence electrons. The van der Waals surface area contributed by atoms with E-state index < -0.39 is 34.5 Å². The second-order valence-electron chi connectivity index (χ2n) is 7.30. The van der Waals surface area contributed by atoms with Crippen LogP contribution in [0.3, 0.4) is 0 Å². The van der Waals surface area contributed by atoms with Gasteiger partial charge in [-0.25, -0.2) is 4.39 Å². The number of nitro benzene ring substituents is 1. The third kappa shape index (κ3) is 3.69. The molecule has 1 N–H and O–H groups in total. The Morgan fingerprint density at radius 2 is 1.77 bits per heavy atom. The van der Waals surface area contributed by atoms with E-state index in [-0.39, 0.29) is 23.4 Å². The molecule has 0 saturated carbocycles. The molecule has 8 heteroatoms. The molecule has 4 rings (SSSR count). The van der Waals surface area contributed by atoms with E-state index in [0.29, 0.717) is 11.3 Å². The zero-order valence-electron chi connectivity index (χ0n) is 16.2. The van der Waals surface area contributed by atoms with Crippen molar-refractivity contribution in [2.75, 3.05) is 4.90 Å². The summed E-state index contributed by atoms with van der Waals surface area (Å²) >= 11 is 0. The molecule has 0 unspecified atom stereocenters. The first kappa shape index (κ1) is 20.4. The van der Waals surface area contributed by atoms with Crippen molar-refractivity contribution >= 4 is 23.1 Å². The lowest BCUT2D eigenvalue weighted by Crippen LogP contribution is -2.41. The number of fused-ring (bicyclic) bond motifs is 1. The summed E-state index contributed by atoms with van der Waals surface area (Å²) in [5, 5.41) is 22.3. The van der Waals surface area contributed by atoms with E-state index in [1.165, 1.54) is 47.4 Å². The smallest absolute Gasteiger partial charge is 0.270 e. The summed E-state index contributed by atoms with van der Waals surface area (Å²) in [7, 11) is 0. The van der Waals surface area contributed by atoms with Crippen molar-refractivity contribution in [3.8, 4) is 0 Å². The van der Waals surface area contributed by atoms with E-state index in [2.05, 4.69) is 0 Å². The van der Waals surface area contributed by atoms with Crippen LogP contribution in [-0.2, 0) is 16.9 Å². The molecule has 31 heavy (non-hydrogen) atoms. The maximum Gasteiger partial charge on any atom is 0.270 e. The maximum absolute atomic E-state index is 13.2. The number of hydrogen-bond donors (Lipinski definition) is 1. The second-order valence-corrected chi connectivity index (χ2v) is 7.30. The molecule has 0 fully saturated rings. The van der Waals surface area contributed by atoms with Gasteiger partial charge in [0.05, 0.1) is 23.6 Å². The zero-order chi connectivity index (χ0) is 22.2. The van der Waals surface area contributed by atoms with Crippen molar-refractivity contribution in [3.63, 3.8) is 0 Å². The van der Waals surface area contributed by atoms with Gasteiger partial charge in [-0.3, -0.25) is 19.7 Å². The van der Waals surface area contributed by atoms with E-state index in [1.807, 2.05) is 0 Å². The number of aliphatic hydroxyl groups is 1. The van der Waals surface area contributed by atoms with Crippen molar-refractivity contribution < 1.29 is 24.0 Å². The average molecular weight is 420 g/mol. The molecule has 1 atom stereocenters. The number of hydrogen-bond acceptors (Lipinski definition) is 5. The van der Waals surface area contributed by atoms with Crippen LogP contribution < -0.4 is 4.90 Å². The van der Waals surface area contributed by atoms with Gasteiger partial charge in [-0.15, -0.1) is 0 Å². The summed E-state index contributed by atoms with van der Waals surface area (Å²) in [6.07, 6.45) is -0.566. The van der Waals surface area contributed by atoms with Gasteiger partial charge in [-0.05, 0) is 23.8 Å². The fourth-order valence-electron chi connectivity index (χ4n) is 3.73. The summed E-state index contributed by atoms with van der Waals surface area (Å²) in [5.41, 5.74) is -0.956. The Kier molecular flexibility index (Phi) is 5.08. The van der Waals surface area contributed by atoms with Crippen LogP contribution in [0, 0.1) is 15.9 Å². The number of halogens is 1. The molecule has 0 aliphatic carbocycles. The fourth-order valence-corrected chi connectivity index (χ4v) is 3.73. The predicted molar refractivity (Wildman–Crippen MR) is 110 cm³/mol. The van der Waals surface area contributed by atoms with Crippen LogP contribution in [0.1, 0.15) is 27.9 Å². The van der Waals surface area contributed by atoms with Crippen molar-refractivity contribution in [2.24, 2.45) is 0 Å². The van der Waals surface area contributed by atoms with Crippen LogP contribution in [0.15, 0.2) is 72.8 Å². The Labute approximate surface area is 176 Å². The number of Topliss-reactive ketones (excluding diaryl/α,β-unsaturated/α-hetero) is 1. The van der Waals surface area contributed by atoms with Gasteiger partial charge in [-0.1, -0.05) is 42.5 Å². The summed E-state index contributed by atoms with van der Waals surface area (Å²) in [5.74, 6) is -1.69. The number of nitrogens with zero attached hydrogens (tertiary/aromatic N) is 2. The molecule has 0 saturated heterocycles. The first-order valence-corrected chi connectivity index (χ1v) is 9.45. The van der Waals surface area contributed by atoms with E-state index in [4.69, 9.17) is 0 Å². The van der Waals surface area contributed by atoms with Gasteiger partial charge in [0.2, 0.25) is 0 Å². The molecule has 1 aliphatic rings. The third-order valence-corrected chi connectivity index (χ3v) is 5.29. The van der Waals surface area contributed by atoms with Crippen molar-refractivity contribution in [1.82, 2.24) is 0 Å². The standard InChI is InChI=1S/C23H17FN2O5/c24-17-10-8-15(9-11-17)14-25-20-7-2-1-6-19(20)23(29,22(25)28)13-21(27)16-4-3-5-18(12-16)26(30)31/h1-12,29H,13-14H2/t23-/m0/s1. The molecule has 0 radical (unpaired) electrons. The predicted octanol–water partition coefficient (Wildman–Crippen LogP) is 3.74. The number of amides is 1. The van der Waals surface area contributed by atoms with Crippen LogP contribution in [0.5, 0.6) is 0 Å². The Balaban J connectivity index is 1.66. The Hall–Kier alpha value is -3.91. The number of benzene rings is 3. The van der Waals surface area contributed by atoms with Crippen LogP contribution in [-0.4, -0.2) is 21.7 Å². The van der Waals surface area contributed by atoms with E-state index in [1.54, 1.807) is 24.3 Å². The van der Waals surface area contributed by atoms with Gasteiger partial charge in [-0.2, -0.15) is 0 Å². The molecular formula is C23H17FN2O5. The summed E-state index contributed by atoms with van der Waals surface area (Å²) in [4.78, 5) is 37.8. The van der Waals surface area contributed by atoms with Crippen molar-refractivity contribution in [3.05, 3.63) is 105 Å². The van der Waals surface area contributed by atoms with Crippen molar-refractivity contribution in [1.29, 1.82) is 0 Å². The Morgan fingerprint density at radius 3 is 2.48 bits per heavy atom. The minimum Gasteiger partial charge on any atom is -0.375 e. The molecule has 7 nitrogen and oxygen atoms in total. The topological polar surface area (TPSA) is 101 Å². The monoisotopic (exact) mass is 420 g/mol. The minimum atomic E-state index is -2.11. The minimum absolute atomic E-state index is 0.0323. The van der Waals surface area contributed by atoms with Gasteiger partial charge in [0.15, 0.2) is 11.4 Å². The van der Waals surface area contributed by atoms with E-state index in [0.717, 1.165) is 6.07 Å².